The third-order valence-corrected chi connectivity index (χ3v) is 4.27. The Labute approximate surface area is 102 Å². The van der Waals surface area contributed by atoms with Crippen molar-refractivity contribution < 1.29 is 8.42 Å². The first-order chi connectivity index (χ1) is 7.86. The minimum absolute atomic E-state index is 0.289. The van der Waals surface area contributed by atoms with E-state index in [9.17, 15) is 8.42 Å². The molecular weight excluding hydrogens is 238 g/mol. The van der Waals surface area contributed by atoms with E-state index < -0.39 is 9.84 Å². The highest BCUT2D eigenvalue weighted by Crippen LogP contribution is 2.25. The van der Waals surface area contributed by atoms with Gasteiger partial charge in [-0.2, -0.15) is 5.10 Å². The lowest BCUT2D eigenvalue weighted by Gasteiger charge is -2.32. The van der Waals surface area contributed by atoms with E-state index >= 15 is 0 Å². The summed E-state index contributed by atoms with van der Waals surface area (Å²) in [5, 5.41) is 7.64. The fourth-order valence-corrected chi connectivity index (χ4v) is 3.00. The van der Waals surface area contributed by atoms with Crippen molar-refractivity contribution in [2.75, 3.05) is 6.26 Å². The van der Waals surface area contributed by atoms with Gasteiger partial charge in [-0.05, 0) is 26.7 Å². The van der Waals surface area contributed by atoms with Gasteiger partial charge >= 0.3 is 0 Å². The third kappa shape index (κ3) is 2.87. The number of rotatable bonds is 2. The summed E-state index contributed by atoms with van der Waals surface area (Å²) in [6.45, 7) is 4.28. The molecular formula is C11H19N3O2S. The molecule has 0 radical (unpaired) electrons. The van der Waals surface area contributed by atoms with Crippen LogP contribution in [-0.4, -0.2) is 36.5 Å². The first kappa shape index (κ1) is 12.6. The van der Waals surface area contributed by atoms with Crippen LogP contribution in [0.5, 0.6) is 0 Å². The van der Waals surface area contributed by atoms with Crippen molar-refractivity contribution in [3.63, 3.8) is 0 Å². The van der Waals surface area contributed by atoms with E-state index in [1.165, 1.54) is 12.5 Å². The molecule has 1 aromatic rings. The Hall–Kier alpha value is -0.880. The highest BCUT2D eigenvalue weighted by molar-refractivity contribution is 7.90. The van der Waals surface area contributed by atoms with Crippen LogP contribution in [0.1, 0.15) is 32.7 Å². The number of aromatic nitrogens is 2. The molecule has 1 aliphatic rings. The summed E-state index contributed by atoms with van der Waals surface area (Å²) in [5.74, 6) is 0. The first-order valence-corrected chi connectivity index (χ1v) is 7.75. The van der Waals surface area contributed by atoms with Crippen LogP contribution in [0.2, 0.25) is 0 Å². The van der Waals surface area contributed by atoms with E-state index in [0.717, 1.165) is 12.8 Å². The predicted octanol–water partition coefficient (Wildman–Crippen LogP) is 0.988. The van der Waals surface area contributed by atoms with Gasteiger partial charge in [0, 0.05) is 24.5 Å². The van der Waals surface area contributed by atoms with Gasteiger partial charge in [-0.1, -0.05) is 0 Å². The molecule has 0 saturated carbocycles. The van der Waals surface area contributed by atoms with Gasteiger partial charge in [0.2, 0.25) is 0 Å². The Morgan fingerprint density at radius 1 is 1.35 bits per heavy atom. The lowest BCUT2D eigenvalue weighted by atomic mass is 9.96. The lowest BCUT2D eigenvalue weighted by Crippen LogP contribution is -2.43. The van der Waals surface area contributed by atoms with Gasteiger partial charge in [0.05, 0.1) is 12.2 Å². The number of nitrogens with one attached hydrogen (secondary N) is 1. The van der Waals surface area contributed by atoms with Crippen LogP contribution in [0.4, 0.5) is 0 Å². The largest absolute Gasteiger partial charge is 0.312 e. The molecule has 2 unspecified atom stereocenters. The molecule has 1 saturated heterocycles. The summed E-state index contributed by atoms with van der Waals surface area (Å²) in [6, 6.07) is 1.17. The van der Waals surface area contributed by atoms with Crippen LogP contribution in [-0.2, 0) is 9.84 Å². The van der Waals surface area contributed by atoms with Gasteiger partial charge < -0.3 is 5.32 Å². The average Bonchev–Trinajstić information content (AvgIpc) is 2.63. The molecule has 1 N–H and O–H groups in total. The molecule has 2 heterocycles. The maximum Gasteiger partial charge on any atom is 0.178 e. The normalized spacial score (nSPS) is 30.4. The van der Waals surface area contributed by atoms with Crippen molar-refractivity contribution in [3.8, 4) is 0 Å². The van der Waals surface area contributed by atoms with Gasteiger partial charge in [-0.3, -0.25) is 4.68 Å². The molecule has 5 nitrogen and oxygen atoms in total. The summed E-state index contributed by atoms with van der Waals surface area (Å²) in [5.41, 5.74) is 0. The van der Waals surface area contributed by atoms with Crippen molar-refractivity contribution in [2.45, 2.75) is 49.7 Å². The van der Waals surface area contributed by atoms with Gasteiger partial charge in [-0.15, -0.1) is 0 Å². The first-order valence-electron chi connectivity index (χ1n) is 5.86. The molecule has 0 aromatic carbocycles. The van der Waals surface area contributed by atoms with Gasteiger partial charge in [-0.25, -0.2) is 8.42 Å². The van der Waals surface area contributed by atoms with Crippen molar-refractivity contribution >= 4 is 9.84 Å². The summed E-state index contributed by atoms with van der Waals surface area (Å²) >= 11 is 0. The minimum atomic E-state index is -3.15. The highest BCUT2D eigenvalue weighted by Gasteiger charge is 2.25. The number of nitrogens with zero attached hydrogens (tertiary/aromatic N) is 2. The summed E-state index contributed by atoms with van der Waals surface area (Å²) in [6.07, 6.45) is 6.25. The van der Waals surface area contributed by atoms with Crippen LogP contribution in [0.25, 0.3) is 0 Å². The second-order valence-corrected chi connectivity index (χ2v) is 7.04. The zero-order valence-electron chi connectivity index (χ0n) is 10.4. The maximum atomic E-state index is 11.4. The molecule has 2 rings (SSSR count). The van der Waals surface area contributed by atoms with Crippen LogP contribution < -0.4 is 5.32 Å². The fraction of sp³-hybridized carbons (Fsp3) is 0.727. The van der Waals surface area contributed by atoms with Crippen LogP contribution in [0.15, 0.2) is 17.3 Å². The molecule has 6 heteroatoms. The Morgan fingerprint density at radius 3 is 2.41 bits per heavy atom. The number of hydrogen-bond acceptors (Lipinski definition) is 4. The van der Waals surface area contributed by atoms with Gasteiger partial charge in [0.1, 0.15) is 4.90 Å². The average molecular weight is 257 g/mol. The molecule has 1 aromatic heterocycles. The Bertz CT molecular complexity index is 485. The molecule has 0 aliphatic carbocycles. The molecule has 0 spiro atoms. The smallest absolute Gasteiger partial charge is 0.178 e. The standard InChI is InChI=1S/C11H19N3O2S/c1-8-4-10(5-9(2)13-8)14-7-11(6-12-14)17(3,15)16/h6-10,13H,4-5H2,1-3H3. The van der Waals surface area contributed by atoms with E-state index in [1.54, 1.807) is 10.9 Å². The Balaban J connectivity index is 2.20. The van der Waals surface area contributed by atoms with E-state index in [1.807, 2.05) is 0 Å². The van der Waals surface area contributed by atoms with Gasteiger partial charge in [0.15, 0.2) is 9.84 Å². The number of sulfone groups is 1. The number of piperidine rings is 1. The second kappa shape index (κ2) is 4.42. The molecule has 0 bridgehead atoms. The van der Waals surface area contributed by atoms with Crippen LogP contribution in [0.3, 0.4) is 0 Å². The van der Waals surface area contributed by atoms with Crippen molar-refractivity contribution in [3.05, 3.63) is 12.4 Å². The van der Waals surface area contributed by atoms with E-state index in [-0.39, 0.29) is 6.04 Å². The molecule has 0 amide bonds. The van der Waals surface area contributed by atoms with Crippen molar-refractivity contribution in [2.24, 2.45) is 0 Å². The Morgan fingerprint density at radius 2 is 1.94 bits per heavy atom. The predicted molar refractivity (Wildman–Crippen MR) is 65.7 cm³/mol. The molecule has 1 aliphatic heterocycles. The summed E-state index contributed by atoms with van der Waals surface area (Å²) in [7, 11) is -3.15. The summed E-state index contributed by atoms with van der Waals surface area (Å²) < 4.78 is 24.6. The fourth-order valence-electron chi connectivity index (χ4n) is 2.46. The Kier molecular flexibility index (Phi) is 3.27. The maximum absolute atomic E-state index is 11.4. The zero-order chi connectivity index (χ0) is 12.6. The second-order valence-electron chi connectivity index (χ2n) is 5.02. The van der Waals surface area contributed by atoms with Gasteiger partial charge in [0.25, 0.3) is 0 Å². The van der Waals surface area contributed by atoms with E-state index in [2.05, 4.69) is 24.3 Å². The molecule has 1 fully saturated rings. The molecule has 17 heavy (non-hydrogen) atoms. The van der Waals surface area contributed by atoms with E-state index in [0.29, 0.717) is 17.0 Å². The topological polar surface area (TPSA) is 64.0 Å². The number of hydrogen-bond donors (Lipinski definition) is 1. The molecule has 2 atom stereocenters. The quantitative estimate of drug-likeness (QED) is 0.858. The van der Waals surface area contributed by atoms with Crippen LogP contribution >= 0.6 is 0 Å². The zero-order valence-corrected chi connectivity index (χ0v) is 11.2. The van der Waals surface area contributed by atoms with Crippen LogP contribution in [0, 0.1) is 0 Å². The molecule has 96 valence electrons. The van der Waals surface area contributed by atoms with E-state index in [4.69, 9.17) is 0 Å². The monoisotopic (exact) mass is 257 g/mol. The SMILES string of the molecule is CC1CC(n2cc(S(C)(=O)=O)cn2)CC(C)N1. The lowest BCUT2D eigenvalue weighted by molar-refractivity contribution is 0.249. The minimum Gasteiger partial charge on any atom is -0.312 e. The summed E-state index contributed by atoms with van der Waals surface area (Å²) in [4.78, 5) is 0.302. The highest BCUT2D eigenvalue weighted by atomic mass is 32.2. The van der Waals surface area contributed by atoms with Crippen molar-refractivity contribution in [1.82, 2.24) is 15.1 Å². The third-order valence-electron chi connectivity index (χ3n) is 3.20. The van der Waals surface area contributed by atoms with Crippen molar-refractivity contribution in [1.29, 1.82) is 0 Å².